The molecule has 0 saturated heterocycles. The van der Waals surface area contributed by atoms with Gasteiger partial charge in [0.2, 0.25) is 0 Å². The van der Waals surface area contributed by atoms with Gasteiger partial charge >= 0.3 is 0 Å². The molecule has 0 fully saturated rings. The summed E-state index contributed by atoms with van der Waals surface area (Å²) in [5, 5.41) is 0.666. The van der Waals surface area contributed by atoms with Crippen LogP contribution >= 0.6 is 27.5 Å². The Labute approximate surface area is 96.0 Å². The van der Waals surface area contributed by atoms with Gasteiger partial charge in [-0.15, -0.1) is 0 Å². The van der Waals surface area contributed by atoms with Crippen molar-refractivity contribution in [2.24, 2.45) is 0 Å². The van der Waals surface area contributed by atoms with Crippen LogP contribution < -0.4 is 4.90 Å². The summed E-state index contributed by atoms with van der Waals surface area (Å²) >= 11 is 9.48. The molecule has 14 heavy (non-hydrogen) atoms. The summed E-state index contributed by atoms with van der Waals surface area (Å²) in [5.74, 6) is 0.787. The highest BCUT2D eigenvalue weighted by Crippen LogP contribution is 2.25. The maximum atomic E-state index is 6.03. The van der Waals surface area contributed by atoms with Gasteiger partial charge in [0.25, 0.3) is 0 Å². The van der Waals surface area contributed by atoms with Gasteiger partial charge in [0, 0.05) is 16.9 Å². The normalized spacial score (nSPS) is 15.6. The van der Waals surface area contributed by atoms with E-state index in [4.69, 9.17) is 11.6 Å². The van der Waals surface area contributed by atoms with Crippen molar-refractivity contribution < 1.29 is 0 Å². The van der Waals surface area contributed by atoms with Crippen LogP contribution in [0.2, 0.25) is 5.02 Å². The maximum Gasteiger partial charge on any atom is 0.151 e. The molecule has 0 atom stereocenters. The molecule has 72 valence electrons. The second-order valence-corrected chi connectivity index (χ2v) is 4.32. The molecular weight excluding hydrogens is 263 g/mol. The minimum absolute atomic E-state index is 0.666. The van der Waals surface area contributed by atoms with Crippen molar-refractivity contribution in [3.8, 4) is 0 Å². The van der Waals surface area contributed by atoms with Gasteiger partial charge in [0.1, 0.15) is 0 Å². The summed E-state index contributed by atoms with van der Waals surface area (Å²) in [6, 6.07) is 3.66. The lowest BCUT2D eigenvalue weighted by Gasteiger charge is -2.22. The van der Waals surface area contributed by atoms with Crippen molar-refractivity contribution in [2.45, 2.75) is 0 Å². The zero-order chi connectivity index (χ0) is 9.97. The summed E-state index contributed by atoms with van der Waals surface area (Å²) in [6.07, 6.45) is 7.66. The summed E-state index contributed by atoms with van der Waals surface area (Å²) in [6.45, 7) is 0.771. The Balaban J connectivity index is 2.29. The first-order valence-electron chi connectivity index (χ1n) is 4.17. The molecule has 4 heteroatoms. The van der Waals surface area contributed by atoms with Crippen LogP contribution in [0.15, 0.2) is 41.2 Å². The number of hydrogen-bond donors (Lipinski definition) is 0. The first-order valence-corrected chi connectivity index (χ1v) is 5.34. The van der Waals surface area contributed by atoms with Gasteiger partial charge < -0.3 is 4.90 Å². The number of halogens is 2. The SMILES string of the molecule is Clc1cccnc1N1C=CC=C(Br)C1. The van der Waals surface area contributed by atoms with E-state index in [1.807, 2.05) is 35.4 Å². The van der Waals surface area contributed by atoms with E-state index in [1.165, 1.54) is 0 Å². The van der Waals surface area contributed by atoms with Crippen LogP contribution in [0.1, 0.15) is 0 Å². The number of pyridine rings is 1. The fraction of sp³-hybridized carbons (Fsp3) is 0.100. The molecule has 0 amide bonds. The Morgan fingerprint density at radius 3 is 3.07 bits per heavy atom. The molecule has 2 heterocycles. The zero-order valence-corrected chi connectivity index (χ0v) is 9.66. The van der Waals surface area contributed by atoms with Crippen molar-refractivity contribution in [1.82, 2.24) is 4.98 Å². The van der Waals surface area contributed by atoms with Crippen LogP contribution in [-0.2, 0) is 0 Å². The van der Waals surface area contributed by atoms with E-state index < -0.39 is 0 Å². The fourth-order valence-electron chi connectivity index (χ4n) is 1.25. The van der Waals surface area contributed by atoms with Crippen LogP contribution in [0.4, 0.5) is 5.82 Å². The molecule has 0 radical (unpaired) electrons. The lowest BCUT2D eigenvalue weighted by atomic mass is 10.3. The van der Waals surface area contributed by atoms with Crippen molar-refractivity contribution >= 4 is 33.3 Å². The highest BCUT2D eigenvalue weighted by Gasteiger charge is 2.11. The smallest absolute Gasteiger partial charge is 0.151 e. The molecule has 0 bridgehead atoms. The molecule has 0 spiro atoms. The minimum Gasteiger partial charge on any atom is -0.327 e. The number of aromatic nitrogens is 1. The molecule has 1 aromatic rings. The first-order chi connectivity index (χ1) is 6.77. The fourth-order valence-corrected chi connectivity index (χ4v) is 1.91. The topological polar surface area (TPSA) is 16.1 Å². The molecule has 0 unspecified atom stereocenters. The van der Waals surface area contributed by atoms with Crippen molar-refractivity contribution in [1.29, 1.82) is 0 Å². The molecule has 2 rings (SSSR count). The van der Waals surface area contributed by atoms with E-state index in [0.717, 1.165) is 16.8 Å². The number of nitrogens with zero attached hydrogens (tertiary/aromatic N) is 2. The third-order valence-electron chi connectivity index (χ3n) is 1.88. The molecule has 1 aliphatic rings. The average molecular weight is 272 g/mol. The van der Waals surface area contributed by atoms with Crippen LogP contribution in [0.5, 0.6) is 0 Å². The number of anilines is 1. The molecule has 0 N–H and O–H groups in total. The average Bonchev–Trinajstić information content (AvgIpc) is 2.18. The Hall–Kier alpha value is -0.800. The molecule has 0 aliphatic carbocycles. The molecule has 1 aromatic heterocycles. The molecule has 0 saturated carbocycles. The molecule has 1 aliphatic heterocycles. The Morgan fingerprint density at radius 2 is 2.36 bits per heavy atom. The number of hydrogen-bond acceptors (Lipinski definition) is 2. The van der Waals surface area contributed by atoms with Crippen molar-refractivity contribution in [2.75, 3.05) is 11.4 Å². The van der Waals surface area contributed by atoms with Gasteiger partial charge in [-0.1, -0.05) is 27.5 Å². The molecular formula is C10H8BrClN2. The van der Waals surface area contributed by atoms with Gasteiger partial charge in [-0.05, 0) is 24.3 Å². The Morgan fingerprint density at radius 1 is 1.50 bits per heavy atom. The van der Waals surface area contributed by atoms with Crippen molar-refractivity contribution in [3.63, 3.8) is 0 Å². The van der Waals surface area contributed by atoms with Crippen LogP contribution in [0, 0.1) is 0 Å². The van der Waals surface area contributed by atoms with E-state index in [-0.39, 0.29) is 0 Å². The summed E-state index contributed by atoms with van der Waals surface area (Å²) in [4.78, 5) is 6.22. The zero-order valence-electron chi connectivity index (χ0n) is 7.32. The van der Waals surface area contributed by atoms with Gasteiger partial charge in [-0.25, -0.2) is 4.98 Å². The predicted molar refractivity (Wildman–Crippen MR) is 62.7 cm³/mol. The quantitative estimate of drug-likeness (QED) is 0.779. The van der Waals surface area contributed by atoms with Crippen molar-refractivity contribution in [3.05, 3.63) is 46.2 Å². The highest BCUT2D eigenvalue weighted by molar-refractivity contribution is 9.11. The van der Waals surface area contributed by atoms with E-state index >= 15 is 0 Å². The van der Waals surface area contributed by atoms with Crippen LogP contribution in [0.25, 0.3) is 0 Å². The molecule has 2 nitrogen and oxygen atoms in total. The maximum absolute atomic E-state index is 6.03. The van der Waals surface area contributed by atoms with Crippen LogP contribution in [0.3, 0.4) is 0 Å². The Bertz CT molecular complexity index is 401. The first kappa shape index (κ1) is 9.74. The standard InChI is InChI=1S/C10H8BrClN2/c11-8-3-2-6-14(7-8)10-9(12)4-1-5-13-10/h1-6H,7H2. The van der Waals surface area contributed by atoms with E-state index in [9.17, 15) is 0 Å². The monoisotopic (exact) mass is 270 g/mol. The number of allylic oxidation sites excluding steroid dienone is 2. The van der Waals surface area contributed by atoms with E-state index in [0.29, 0.717) is 5.02 Å². The van der Waals surface area contributed by atoms with E-state index in [2.05, 4.69) is 20.9 Å². The predicted octanol–water partition coefficient (Wildman–Crippen LogP) is 3.35. The van der Waals surface area contributed by atoms with Gasteiger partial charge in [-0.3, -0.25) is 0 Å². The van der Waals surface area contributed by atoms with Gasteiger partial charge in [-0.2, -0.15) is 0 Å². The third kappa shape index (κ3) is 1.99. The van der Waals surface area contributed by atoms with Crippen LogP contribution in [-0.4, -0.2) is 11.5 Å². The Kier molecular flexibility index (Phi) is 2.89. The minimum atomic E-state index is 0.666. The second kappa shape index (κ2) is 4.15. The second-order valence-electron chi connectivity index (χ2n) is 2.89. The molecule has 0 aromatic carbocycles. The largest absolute Gasteiger partial charge is 0.327 e. The third-order valence-corrected chi connectivity index (χ3v) is 2.69. The summed E-state index contributed by atoms with van der Waals surface area (Å²) in [5.41, 5.74) is 0. The highest BCUT2D eigenvalue weighted by atomic mass is 79.9. The number of rotatable bonds is 1. The summed E-state index contributed by atoms with van der Waals surface area (Å²) in [7, 11) is 0. The van der Waals surface area contributed by atoms with Gasteiger partial charge in [0.15, 0.2) is 5.82 Å². The van der Waals surface area contributed by atoms with E-state index in [1.54, 1.807) is 6.20 Å². The summed E-state index contributed by atoms with van der Waals surface area (Å²) < 4.78 is 1.11. The lowest BCUT2D eigenvalue weighted by molar-refractivity contribution is 1.02. The van der Waals surface area contributed by atoms with Gasteiger partial charge in [0.05, 0.1) is 11.6 Å². The lowest BCUT2D eigenvalue weighted by Crippen LogP contribution is -2.20.